The molecule has 2 amide bonds. The maximum absolute atomic E-state index is 12.6. The topological polar surface area (TPSA) is 108 Å². The van der Waals surface area contributed by atoms with Crippen LogP contribution in [0.25, 0.3) is 0 Å². The number of halogens is 3. The van der Waals surface area contributed by atoms with Crippen LogP contribution >= 0.6 is 11.6 Å². The Balaban J connectivity index is 2.21. The Morgan fingerprint density at radius 2 is 1.90 bits per heavy atom. The second-order valence-corrected chi connectivity index (χ2v) is 8.79. The number of hydrazine groups is 1. The Hall–Kier alpha value is -2.79. The van der Waals surface area contributed by atoms with Crippen molar-refractivity contribution in [3.63, 3.8) is 0 Å². The van der Waals surface area contributed by atoms with Gasteiger partial charge in [0.2, 0.25) is 10.0 Å². The van der Waals surface area contributed by atoms with E-state index in [-0.39, 0.29) is 17.9 Å². The molecule has 1 heterocycles. The van der Waals surface area contributed by atoms with E-state index in [0.717, 1.165) is 16.1 Å². The van der Waals surface area contributed by atoms with Gasteiger partial charge in [-0.25, -0.2) is 8.42 Å². The fourth-order valence-corrected chi connectivity index (χ4v) is 3.76. The largest absolute Gasteiger partial charge is 0.317 e. The molecule has 0 aliphatic rings. The summed E-state index contributed by atoms with van der Waals surface area (Å²) in [6.07, 6.45) is -2.13. The average Bonchev–Trinajstić information content (AvgIpc) is 2.69. The standard InChI is InChI=1S/C18H19ClF2N4O4S/c1-3-30(28,29)25(15-7-11(2)6-13(19)8-15)10-14-5-4-12(9-22-14)17(26)23-24-18(27)16(20)21/h4-9,16H,3,10H2,1-2H3,(H,23,26)(H,24,27). The molecule has 0 saturated heterocycles. The first-order valence-corrected chi connectivity index (χ1v) is 10.6. The minimum Gasteiger partial charge on any atom is -0.267 e. The summed E-state index contributed by atoms with van der Waals surface area (Å²) in [7, 11) is -3.66. The second kappa shape index (κ2) is 9.81. The molecule has 0 saturated carbocycles. The fraction of sp³-hybridized carbons (Fsp3) is 0.278. The van der Waals surface area contributed by atoms with E-state index in [9.17, 15) is 26.8 Å². The third-order valence-corrected chi connectivity index (χ3v) is 5.86. The van der Waals surface area contributed by atoms with E-state index in [4.69, 9.17) is 11.6 Å². The summed E-state index contributed by atoms with van der Waals surface area (Å²) < 4.78 is 50.6. The highest BCUT2D eigenvalue weighted by Gasteiger charge is 2.22. The maximum atomic E-state index is 12.6. The van der Waals surface area contributed by atoms with Crippen molar-refractivity contribution in [2.75, 3.05) is 10.1 Å². The van der Waals surface area contributed by atoms with Crippen LogP contribution in [-0.2, 0) is 21.4 Å². The molecule has 12 heteroatoms. The number of carbonyl (C=O) groups excluding carboxylic acids is 2. The van der Waals surface area contributed by atoms with Crippen LogP contribution in [0, 0.1) is 6.92 Å². The van der Waals surface area contributed by atoms with Crippen LogP contribution < -0.4 is 15.2 Å². The molecule has 8 nitrogen and oxygen atoms in total. The summed E-state index contributed by atoms with van der Waals surface area (Å²) in [5, 5.41) is 0.382. The molecule has 2 rings (SSSR count). The number of nitrogens with one attached hydrogen (secondary N) is 2. The zero-order chi connectivity index (χ0) is 22.5. The minimum atomic E-state index is -3.66. The highest BCUT2D eigenvalue weighted by atomic mass is 35.5. The van der Waals surface area contributed by atoms with E-state index in [2.05, 4.69) is 4.98 Å². The van der Waals surface area contributed by atoms with Crippen molar-refractivity contribution in [2.24, 2.45) is 0 Å². The Kier molecular flexibility index (Phi) is 7.68. The molecule has 2 aromatic rings. The van der Waals surface area contributed by atoms with Gasteiger partial charge in [0, 0.05) is 11.2 Å². The highest BCUT2D eigenvalue weighted by Crippen LogP contribution is 2.26. The van der Waals surface area contributed by atoms with Gasteiger partial charge in [-0.1, -0.05) is 11.6 Å². The summed E-state index contributed by atoms with van der Waals surface area (Å²) in [5.74, 6) is -2.65. The molecular weight excluding hydrogens is 442 g/mol. The van der Waals surface area contributed by atoms with Crippen LogP contribution in [-0.4, -0.2) is 37.4 Å². The lowest BCUT2D eigenvalue weighted by molar-refractivity contribution is -0.132. The van der Waals surface area contributed by atoms with Crippen molar-refractivity contribution in [1.82, 2.24) is 15.8 Å². The molecule has 1 aromatic carbocycles. The number of hydrogen-bond donors (Lipinski definition) is 2. The van der Waals surface area contributed by atoms with Gasteiger partial charge < -0.3 is 0 Å². The van der Waals surface area contributed by atoms with E-state index in [1.165, 1.54) is 25.1 Å². The lowest BCUT2D eigenvalue weighted by Gasteiger charge is -2.24. The number of carbonyl (C=O) groups is 2. The number of nitrogens with zero attached hydrogens (tertiary/aromatic N) is 2. The van der Waals surface area contributed by atoms with Gasteiger partial charge in [0.15, 0.2) is 0 Å². The zero-order valence-electron chi connectivity index (χ0n) is 16.0. The van der Waals surface area contributed by atoms with Crippen LogP contribution in [0.15, 0.2) is 36.5 Å². The van der Waals surface area contributed by atoms with Gasteiger partial charge in [0.25, 0.3) is 5.91 Å². The van der Waals surface area contributed by atoms with Crippen molar-refractivity contribution in [3.05, 3.63) is 58.4 Å². The van der Waals surface area contributed by atoms with Crippen molar-refractivity contribution in [3.8, 4) is 0 Å². The molecule has 0 spiro atoms. The fourth-order valence-electron chi connectivity index (χ4n) is 2.41. The Bertz CT molecular complexity index is 1010. The molecule has 2 N–H and O–H groups in total. The van der Waals surface area contributed by atoms with Gasteiger partial charge in [-0.2, -0.15) is 8.78 Å². The molecule has 30 heavy (non-hydrogen) atoms. The summed E-state index contributed by atoms with van der Waals surface area (Å²) in [5.41, 5.74) is 4.87. The first kappa shape index (κ1) is 23.5. The van der Waals surface area contributed by atoms with Crippen molar-refractivity contribution < 1.29 is 26.8 Å². The van der Waals surface area contributed by atoms with Gasteiger partial charge in [0.1, 0.15) is 0 Å². The molecule has 162 valence electrons. The zero-order valence-corrected chi connectivity index (χ0v) is 17.6. The van der Waals surface area contributed by atoms with Crippen LogP contribution in [0.5, 0.6) is 0 Å². The Labute approximate surface area is 177 Å². The number of benzene rings is 1. The number of alkyl halides is 2. The van der Waals surface area contributed by atoms with Crippen molar-refractivity contribution in [2.45, 2.75) is 26.8 Å². The van der Waals surface area contributed by atoms with E-state index in [1.807, 2.05) is 5.43 Å². The number of pyridine rings is 1. The van der Waals surface area contributed by atoms with Gasteiger partial charge in [-0.3, -0.25) is 29.7 Å². The minimum absolute atomic E-state index is 0.0168. The molecular formula is C18H19ClF2N4O4S. The Morgan fingerprint density at radius 3 is 2.43 bits per heavy atom. The Morgan fingerprint density at radius 1 is 1.20 bits per heavy atom. The molecule has 0 radical (unpaired) electrons. The monoisotopic (exact) mass is 460 g/mol. The van der Waals surface area contributed by atoms with Gasteiger partial charge >= 0.3 is 12.3 Å². The lowest BCUT2D eigenvalue weighted by atomic mass is 10.2. The summed E-state index contributed by atoms with van der Waals surface area (Å²) in [6, 6.07) is 7.63. The normalized spacial score (nSPS) is 11.3. The number of hydrogen-bond acceptors (Lipinski definition) is 5. The number of anilines is 1. The number of amides is 2. The predicted octanol–water partition coefficient (Wildman–Crippen LogP) is 2.43. The summed E-state index contributed by atoms with van der Waals surface area (Å²) in [6.45, 7) is 3.18. The van der Waals surface area contributed by atoms with Crippen LogP contribution in [0.2, 0.25) is 5.02 Å². The van der Waals surface area contributed by atoms with E-state index in [1.54, 1.807) is 24.5 Å². The lowest BCUT2D eigenvalue weighted by Crippen LogP contribution is -2.44. The molecule has 0 fully saturated rings. The molecule has 0 aliphatic carbocycles. The number of rotatable bonds is 7. The SMILES string of the molecule is CCS(=O)(=O)N(Cc1ccc(C(=O)NNC(=O)C(F)F)cn1)c1cc(C)cc(Cl)c1. The first-order valence-electron chi connectivity index (χ1n) is 8.64. The predicted molar refractivity (Wildman–Crippen MR) is 108 cm³/mol. The van der Waals surface area contributed by atoms with Crippen LogP contribution in [0.4, 0.5) is 14.5 Å². The van der Waals surface area contributed by atoms with Crippen LogP contribution in [0.1, 0.15) is 28.5 Å². The van der Waals surface area contributed by atoms with Crippen molar-refractivity contribution >= 4 is 39.1 Å². The van der Waals surface area contributed by atoms with Gasteiger partial charge in [0.05, 0.1) is 29.2 Å². The molecule has 0 aliphatic heterocycles. The molecule has 0 bridgehead atoms. The number of aryl methyl sites for hydroxylation is 1. The van der Waals surface area contributed by atoms with E-state index >= 15 is 0 Å². The van der Waals surface area contributed by atoms with Crippen molar-refractivity contribution in [1.29, 1.82) is 0 Å². The highest BCUT2D eigenvalue weighted by molar-refractivity contribution is 7.92. The first-order chi connectivity index (χ1) is 14.0. The van der Waals surface area contributed by atoms with Crippen LogP contribution in [0.3, 0.4) is 0 Å². The number of aromatic nitrogens is 1. The van der Waals surface area contributed by atoms with E-state index < -0.39 is 28.3 Å². The maximum Gasteiger partial charge on any atom is 0.317 e. The third-order valence-electron chi connectivity index (χ3n) is 3.91. The number of sulfonamides is 1. The second-order valence-electron chi connectivity index (χ2n) is 6.18. The third kappa shape index (κ3) is 6.10. The molecule has 1 aromatic heterocycles. The van der Waals surface area contributed by atoms with E-state index in [0.29, 0.717) is 16.4 Å². The molecule has 0 unspecified atom stereocenters. The molecule has 0 atom stereocenters. The summed E-state index contributed by atoms with van der Waals surface area (Å²) >= 11 is 6.06. The quantitative estimate of drug-likeness (QED) is 0.617. The van der Waals surface area contributed by atoms with Gasteiger partial charge in [-0.15, -0.1) is 0 Å². The smallest absolute Gasteiger partial charge is 0.267 e. The summed E-state index contributed by atoms with van der Waals surface area (Å²) in [4.78, 5) is 26.7. The van der Waals surface area contributed by atoms with Gasteiger partial charge in [-0.05, 0) is 49.7 Å². The average molecular weight is 461 g/mol.